The van der Waals surface area contributed by atoms with Crippen LogP contribution in [0.4, 0.5) is 15.8 Å². The number of carbonyl (C=O) groups is 1. The molecule has 0 aliphatic rings. The Bertz CT molecular complexity index is 767. The maximum absolute atomic E-state index is 13.3. The van der Waals surface area contributed by atoms with Gasteiger partial charge >= 0.3 is 11.7 Å². The van der Waals surface area contributed by atoms with Crippen LogP contribution in [0, 0.1) is 15.9 Å². The molecule has 0 amide bonds. The lowest BCUT2D eigenvalue weighted by Crippen LogP contribution is -2.05. The minimum atomic E-state index is -0.882. The molecule has 6 nitrogen and oxygen atoms in total. The van der Waals surface area contributed by atoms with Crippen LogP contribution in [0.5, 0.6) is 0 Å². The van der Waals surface area contributed by atoms with Crippen molar-refractivity contribution in [2.24, 2.45) is 0 Å². The van der Waals surface area contributed by atoms with E-state index in [0.717, 1.165) is 6.07 Å². The highest BCUT2D eigenvalue weighted by molar-refractivity contribution is 9.10. The van der Waals surface area contributed by atoms with Gasteiger partial charge in [0.2, 0.25) is 5.82 Å². The Balaban J connectivity index is 2.19. The van der Waals surface area contributed by atoms with Gasteiger partial charge in [0.1, 0.15) is 0 Å². The van der Waals surface area contributed by atoms with Gasteiger partial charge in [0.05, 0.1) is 17.6 Å². The summed E-state index contributed by atoms with van der Waals surface area (Å²) in [5.74, 6) is -1.36. The van der Waals surface area contributed by atoms with Gasteiger partial charge in [-0.1, -0.05) is 6.07 Å². The molecule has 0 saturated carbocycles. The molecule has 0 aromatic heterocycles. The van der Waals surface area contributed by atoms with Crippen molar-refractivity contribution in [3.8, 4) is 0 Å². The van der Waals surface area contributed by atoms with Crippen LogP contribution in [0.15, 0.2) is 40.9 Å². The average Bonchev–Trinajstić information content (AvgIpc) is 2.54. The first-order valence-corrected chi connectivity index (χ1v) is 7.26. The van der Waals surface area contributed by atoms with Crippen molar-refractivity contribution in [2.45, 2.75) is 6.54 Å². The first-order chi connectivity index (χ1) is 10.9. The lowest BCUT2D eigenvalue weighted by molar-refractivity contribution is -0.387. The summed E-state index contributed by atoms with van der Waals surface area (Å²) in [4.78, 5) is 21.5. The summed E-state index contributed by atoms with van der Waals surface area (Å²) >= 11 is 3.34. The fraction of sp³-hybridized carbons (Fsp3) is 0.133. The third-order valence-electron chi connectivity index (χ3n) is 3.08. The lowest BCUT2D eigenvalue weighted by Gasteiger charge is -2.10. The smallest absolute Gasteiger partial charge is 0.337 e. The van der Waals surface area contributed by atoms with E-state index in [-0.39, 0.29) is 6.54 Å². The van der Waals surface area contributed by atoms with Gasteiger partial charge in [-0.3, -0.25) is 10.1 Å². The molecule has 0 heterocycles. The van der Waals surface area contributed by atoms with Gasteiger partial charge < -0.3 is 10.1 Å². The summed E-state index contributed by atoms with van der Waals surface area (Å²) in [7, 11) is 1.29. The summed E-state index contributed by atoms with van der Waals surface area (Å²) in [5, 5.41) is 13.8. The SMILES string of the molecule is COC(=O)c1ccc(Br)c(NCc2ccc(F)c([N+](=O)[O-])c2)c1. The Hall–Kier alpha value is -2.48. The Morgan fingerprint density at radius 1 is 1.35 bits per heavy atom. The Morgan fingerprint density at radius 2 is 2.09 bits per heavy atom. The topological polar surface area (TPSA) is 81.5 Å². The normalized spacial score (nSPS) is 10.2. The number of nitrogens with one attached hydrogen (secondary N) is 1. The van der Waals surface area contributed by atoms with Crippen LogP contribution < -0.4 is 5.32 Å². The molecular weight excluding hydrogens is 371 g/mol. The molecule has 2 rings (SSSR count). The molecule has 0 radical (unpaired) electrons. The molecule has 23 heavy (non-hydrogen) atoms. The number of ether oxygens (including phenoxy) is 1. The lowest BCUT2D eigenvalue weighted by atomic mass is 10.1. The number of nitrogens with zero attached hydrogens (tertiary/aromatic N) is 1. The number of nitro benzene ring substituents is 1. The summed E-state index contributed by atoms with van der Waals surface area (Å²) < 4.78 is 18.7. The Kier molecular flexibility index (Phi) is 5.28. The third-order valence-corrected chi connectivity index (χ3v) is 3.77. The number of hydrogen-bond acceptors (Lipinski definition) is 5. The van der Waals surface area contributed by atoms with Crippen molar-refractivity contribution in [1.29, 1.82) is 0 Å². The number of esters is 1. The zero-order valence-corrected chi connectivity index (χ0v) is 13.6. The number of halogens is 2. The second kappa shape index (κ2) is 7.19. The molecule has 120 valence electrons. The van der Waals surface area contributed by atoms with E-state index in [1.54, 1.807) is 18.2 Å². The number of methoxy groups -OCH3 is 1. The molecule has 0 aliphatic carbocycles. The van der Waals surface area contributed by atoms with Gasteiger partial charge in [-0.15, -0.1) is 0 Å². The molecule has 0 unspecified atom stereocenters. The van der Waals surface area contributed by atoms with Gasteiger partial charge in [0.15, 0.2) is 0 Å². The highest BCUT2D eigenvalue weighted by atomic mass is 79.9. The Morgan fingerprint density at radius 3 is 2.74 bits per heavy atom. The predicted molar refractivity (Wildman–Crippen MR) is 85.9 cm³/mol. The van der Waals surface area contributed by atoms with E-state index in [2.05, 4.69) is 26.0 Å². The third kappa shape index (κ3) is 4.04. The molecule has 2 aromatic carbocycles. The van der Waals surface area contributed by atoms with Crippen LogP contribution in [0.3, 0.4) is 0 Å². The van der Waals surface area contributed by atoms with E-state index >= 15 is 0 Å². The summed E-state index contributed by atoms with van der Waals surface area (Å²) in [6.45, 7) is 0.227. The first-order valence-electron chi connectivity index (χ1n) is 6.47. The van der Waals surface area contributed by atoms with Crippen molar-refractivity contribution in [3.63, 3.8) is 0 Å². The van der Waals surface area contributed by atoms with E-state index < -0.39 is 22.4 Å². The molecule has 0 fully saturated rings. The summed E-state index contributed by atoms with van der Waals surface area (Å²) in [5.41, 5.74) is 0.934. The van der Waals surface area contributed by atoms with Crippen LogP contribution in [0.1, 0.15) is 15.9 Å². The van der Waals surface area contributed by atoms with Gasteiger partial charge in [-0.2, -0.15) is 4.39 Å². The van der Waals surface area contributed by atoms with E-state index in [1.165, 1.54) is 19.2 Å². The van der Waals surface area contributed by atoms with Gasteiger partial charge in [0, 0.05) is 22.8 Å². The number of rotatable bonds is 5. The first kappa shape index (κ1) is 16.9. The van der Waals surface area contributed by atoms with E-state index in [9.17, 15) is 19.3 Å². The average molecular weight is 383 g/mol. The number of nitro groups is 1. The van der Waals surface area contributed by atoms with Crippen molar-refractivity contribution < 1.29 is 18.8 Å². The van der Waals surface area contributed by atoms with E-state index in [4.69, 9.17) is 0 Å². The van der Waals surface area contributed by atoms with E-state index in [1.807, 2.05) is 0 Å². The van der Waals surface area contributed by atoms with Crippen molar-refractivity contribution in [2.75, 3.05) is 12.4 Å². The second-order valence-electron chi connectivity index (χ2n) is 4.58. The number of benzene rings is 2. The van der Waals surface area contributed by atoms with Crippen molar-refractivity contribution >= 4 is 33.3 Å². The van der Waals surface area contributed by atoms with Gasteiger partial charge in [-0.25, -0.2) is 4.79 Å². The molecule has 1 N–H and O–H groups in total. The number of carbonyl (C=O) groups excluding carboxylic acids is 1. The molecule has 2 aromatic rings. The highest BCUT2D eigenvalue weighted by Gasteiger charge is 2.14. The maximum Gasteiger partial charge on any atom is 0.337 e. The number of hydrogen-bond donors (Lipinski definition) is 1. The molecular formula is C15H12BrFN2O4. The minimum absolute atomic E-state index is 0.227. The summed E-state index contributed by atoms with van der Waals surface area (Å²) in [6.07, 6.45) is 0. The quantitative estimate of drug-likeness (QED) is 0.481. The zero-order chi connectivity index (χ0) is 17.0. The zero-order valence-electron chi connectivity index (χ0n) is 12.0. The van der Waals surface area contributed by atoms with Crippen LogP contribution >= 0.6 is 15.9 Å². The molecule has 8 heteroatoms. The maximum atomic E-state index is 13.3. The molecule has 0 aliphatic heterocycles. The fourth-order valence-electron chi connectivity index (χ4n) is 1.91. The van der Waals surface area contributed by atoms with Crippen molar-refractivity contribution in [3.05, 3.63) is 67.9 Å². The predicted octanol–water partition coefficient (Wildman–Crippen LogP) is 3.90. The fourth-order valence-corrected chi connectivity index (χ4v) is 2.30. The molecule has 0 bridgehead atoms. The molecule has 0 spiro atoms. The van der Waals surface area contributed by atoms with Gasteiger partial charge in [-0.05, 0) is 45.8 Å². The summed E-state index contributed by atoms with van der Waals surface area (Å²) in [6, 6.07) is 8.54. The number of anilines is 1. The van der Waals surface area contributed by atoms with Crippen LogP contribution in [0.2, 0.25) is 0 Å². The van der Waals surface area contributed by atoms with Gasteiger partial charge in [0.25, 0.3) is 0 Å². The Labute approximate surface area is 139 Å². The van der Waals surface area contributed by atoms with Crippen LogP contribution in [-0.2, 0) is 11.3 Å². The van der Waals surface area contributed by atoms with E-state index in [0.29, 0.717) is 21.3 Å². The second-order valence-corrected chi connectivity index (χ2v) is 5.44. The van der Waals surface area contributed by atoms with Crippen molar-refractivity contribution in [1.82, 2.24) is 0 Å². The van der Waals surface area contributed by atoms with Crippen LogP contribution in [-0.4, -0.2) is 18.0 Å². The van der Waals surface area contributed by atoms with Crippen LogP contribution in [0.25, 0.3) is 0 Å². The monoisotopic (exact) mass is 382 g/mol. The highest BCUT2D eigenvalue weighted by Crippen LogP contribution is 2.25. The standard InChI is InChI=1S/C15H12BrFN2O4/c1-23-15(20)10-3-4-11(16)13(7-10)18-8-9-2-5-12(17)14(6-9)19(21)22/h2-7,18H,8H2,1H3. The molecule has 0 saturated heterocycles. The minimum Gasteiger partial charge on any atom is -0.465 e. The molecule has 0 atom stereocenters. The largest absolute Gasteiger partial charge is 0.465 e.